The molecule has 5 aliphatic rings. The van der Waals surface area contributed by atoms with Crippen LogP contribution < -0.4 is 4.74 Å². The lowest BCUT2D eigenvalue weighted by atomic mass is 9.42. The molecular formula is C26H38N2O5. The number of ether oxygens (including phenoxy) is 1. The van der Waals surface area contributed by atoms with Crippen molar-refractivity contribution in [2.45, 2.75) is 63.8 Å². The minimum atomic E-state index is -1.46. The summed E-state index contributed by atoms with van der Waals surface area (Å²) in [4.78, 5) is 17.3. The van der Waals surface area contributed by atoms with Gasteiger partial charge in [-0.3, -0.25) is 4.79 Å². The maximum atomic E-state index is 13.3. The Balaban J connectivity index is 1.37. The van der Waals surface area contributed by atoms with Gasteiger partial charge in [0.15, 0.2) is 0 Å². The maximum Gasteiger partial charge on any atom is 0.257 e. The normalized spacial score (nSPS) is 34.8. The molecule has 0 aromatic heterocycles. The third-order valence-electron chi connectivity index (χ3n) is 9.32. The topological polar surface area (TPSA) is 93.5 Å². The second-order valence-electron chi connectivity index (χ2n) is 11.6. The lowest BCUT2D eigenvalue weighted by Crippen LogP contribution is -2.72. The van der Waals surface area contributed by atoms with Crippen LogP contribution in [0.5, 0.6) is 11.5 Å². The third-order valence-corrected chi connectivity index (χ3v) is 9.32. The van der Waals surface area contributed by atoms with E-state index in [0.29, 0.717) is 37.1 Å². The lowest BCUT2D eigenvalue weighted by molar-refractivity contribution is -0.289. The molecule has 2 aliphatic heterocycles. The fraction of sp³-hybridized carbons (Fsp3) is 0.731. The summed E-state index contributed by atoms with van der Waals surface area (Å²) in [5.41, 5.74) is -1.23. The Hall–Kier alpha value is -1.83. The number of nitrogens with zero attached hydrogens (tertiary/aromatic N) is 2. The van der Waals surface area contributed by atoms with Gasteiger partial charge in [-0.2, -0.15) is 0 Å². The molecule has 33 heavy (non-hydrogen) atoms. The van der Waals surface area contributed by atoms with E-state index >= 15 is 0 Å². The van der Waals surface area contributed by atoms with Crippen molar-refractivity contribution in [3.63, 3.8) is 0 Å². The van der Waals surface area contributed by atoms with Gasteiger partial charge in [0.2, 0.25) is 0 Å². The number of piperidine rings is 1. The maximum absolute atomic E-state index is 13.3. The summed E-state index contributed by atoms with van der Waals surface area (Å²) in [5.74, 6) is 0.832. The van der Waals surface area contributed by atoms with Crippen molar-refractivity contribution in [2.75, 3.05) is 33.7 Å². The molecule has 7 nitrogen and oxygen atoms in total. The molecule has 7 heteroatoms. The van der Waals surface area contributed by atoms with E-state index in [0.717, 1.165) is 32.2 Å². The molecule has 4 fully saturated rings. The first-order chi connectivity index (χ1) is 15.5. The van der Waals surface area contributed by atoms with Gasteiger partial charge in [-0.05, 0) is 88.0 Å². The minimum absolute atomic E-state index is 0.0902. The van der Waals surface area contributed by atoms with Gasteiger partial charge in [0, 0.05) is 13.1 Å². The highest BCUT2D eigenvalue weighted by Gasteiger charge is 2.70. The molecule has 0 radical (unpaired) electrons. The first kappa shape index (κ1) is 22.9. The van der Waals surface area contributed by atoms with Crippen LogP contribution in [0.2, 0.25) is 0 Å². The Kier molecular flexibility index (Phi) is 5.46. The fourth-order valence-corrected chi connectivity index (χ4v) is 6.93. The highest BCUT2D eigenvalue weighted by molar-refractivity contribution is 5.97. The van der Waals surface area contributed by atoms with Crippen LogP contribution in [-0.4, -0.2) is 76.5 Å². The van der Waals surface area contributed by atoms with Crippen LogP contribution in [0.25, 0.3) is 0 Å². The molecule has 3 saturated carbocycles. The van der Waals surface area contributed by atoms with E-state index in [1.807, 2.05) is 0 Å². The molecule has 1 aromatic carbocycles. The first-order valence-electron chi connectivity index (χ1n) is 12.4. The van der Waals surface area contributed by atoms with E-state index in [1.165, 1.54) is 0 Å². The van der Waals surface area contributed by atoms with E-state index in [4.69, 9.17) is 4.74 Å². The number of phenolic OH excluding ortho intramolecular Hbond substituents is 1. The largest absolute Gasteiger partial charge is 0.507 e. The first-order valence-corrected chi connectivity index (χ1v) is 12.4. The molecule has 6 rings (SSSR count). The van der Waals surface area contributed by atoms with Gasteiger partial charge >= 0.3 is 0 Å². The number of phenols is 1. The number of aromatic hydroxyl groups is 1. The third kappa shape index (κ3) is 3.38. The summed E-state index contributed by atoms with van der Waals surface area (Å²) >= 11 is 0. The Morgan fingerprint density at radius 1 is 1.21 bits per heavy atom. The van der Waals surface area contributed by atoms with Crippen LogP contribution in [-0.2, 0) is 0 Å². The molecule has 3 N–H and O–H groups in total. The molecule has 1 aromatic rings. The molecule has 1 amide bonds. The van der Waals surface area contributed by atoms with E-state index < -0.39 is 17.8 Å². The molecule has 2 heterocycles. The number of aliphatic hydroxyl groups excluding tert-OH is 1. The van der Waals surface area contributed by atoms with Gasteiger partial charge in [-0.15, -0.1) is 0 Å². The molecule has 1 saturated heterocycles. The van der Waals surface area contributed by atoms with Gasteiger partial charge in [0.25, 0.3) is 5.91 Å². The number of hydrogen-bond donors (Lipinski definition) is 3. The summed E-state index contributed by atoms with van der Waals surface area (Å²) in [6.07, 6.45) is 2.77. The van der Waals surface area contributed by atoms with Crippen LogP contribution >= 0.6 is 0 Å². The van der Waals surface area contributed by atoms with E-state index in [2.05, 4.69) is 32.8 Å². The zero-order valence-corrected chi connectivity index (χ0v) is 20.3. The van der Waals surface area contributed by atoms with Crippen LogP contribution in [0.1, 0.15) is 68.0 Å². The lowest BCUT2D eigenvalue weighted by Gasteiger charge is -2.67. The average Bonchev–Trinajstić information content (AvgIpc) is 2.78. The minimum Gasteiger partial charge on any atom is -0.507 e. The van der Waals surface area contributed by atoms with Gasteiger partial charge in [-0.1, -0.05) is 13.8 Å². The molecule has 3 aliphatic carbocycles. The second kappa shape index (κ2) is 7.85. The number of rotatable bonds is 4. The number of carbonyl (C=O) groups excluding carboxylic acids is 1. The van der Waals surface area contributed by atoms with Gasteiger partial charge in [0.05, 0.1) is 11.1 Å². The van der Waals surface area contributed by atoms with Crippen LogP contribution in [0.4, 0.5) is 0 Å². The zero-order valence-electron chi connectivity index (χ0n) is 20.3. The smallest absolute Gasteiger partial charge is 0.257 e. The highest BCUT2D eigenvalue weighted by Crippen LogP contribution is 2.67. The molecule has 0 spiro atoms. The van der Waals surface area contributed by atoms with Crippen LogP contribution in [0.15, 0.2) is 12.1 Å². The van der Waals surface area contributed by atoms with Crippen molar-refractivity contribution < 1.29 is 24.9 Å². The summed E-state index contributed by atoms with van der Waals surface area (Å²) in [6, 6.07) is 3.26. The monoisotopic (exact) mass is 458 g/mol. The Morgan fingerprint density at radius 2 is 1.91 bits per heavy atom. The quantitative estimate of drug-likeness (QED) is 0.643. The average molecular weight is 459 g/mol. The van der Waals surface area contributed by atoms with E-state index in [9.17, 15) is 20.1 Å². The van der Waals surface area contributed by atoms with Crippen LogP contribution in [0, 0.1) is 23.2 Å². The SMILES string of the molecule is CN(C)CCC1CCN(C(=O)c2ccc3c(c2O)[C@H](O)[C@@]2(O)[C@@H]4C[C@H](C[C@H]2O3)C4(C)C)CC1. The molecule has 2 bridgehead atoms. The van der Waals surface area contributed by atoms with Gasteiger partial charge in [-0.25, -0.2) is 0 Å². The van der Waals surface area contributed by atoms with Crippen molar-refractivity contribution >= 4 is 5.91 Å². The number of aliphatic hydroxyl groups is 2. The number of likely N-dealkylation sites (tertiary alicyclic amines) is 1. The number of carbonyl (C=O) groups is 1. The van der Waals surface area contributed by atoms with Gasteiger partial charge in [0.1, 0.15) is 29.3 Å². The van der Waals surface area contributed by atoms with Crippen molar-refractivity contribution in [3.8, 4) is 11.5 Å². The van der Waals surface area contributed by atoms with Crippen molar-refractivity contribution in [1.29, 1.82) is 0 Å². The standard InChI is InChI=1S/C26H38N2O5/c1-25(2)16-13-19(25)26(32)20(14-16)33-18-6-5-17(22(29)21(18)23(26)30)24(31)28-11-8-15(9-12-28)7-10-27(3)4/h5-6,15-16,19-20,23,29-30,32H,7-14H2,1-4H3/t16-,19-,20-,23+,26-/m1/s1. The zero-order chi connectivity index (χ0) is 23.7. The molecular weight excluding hydrogens is 420 g/mol. The Bertz CT molecular complexity index is 939. The van der Waals surface area contributed by atoms with Crippen molar-refractivity contribution in [1.82, 2.24) is 9.80 Å². The Labute approximate surface area is 196 Å². The summed E-state index contributed by atoms with van der Waals surface area (Å²) in [5, 5.41) is 34.2. The van der Waals surface area contributed by atoms with E-state index in [1.54, 1.807) is 17.0 Å². The Morgan fingerprint density at radius 3 is 2.55 bits per heavy atom. The number of hydrogen-bond acceptors (Lipinski definition) is 6. The number of amides is 1. The van der Waals surface area contributed by atoms with Crippen LogP contribution in [0.3, 0.4) is 0 Å². The van der Waals surface area contributed by atoms with Gasteiger partial charge < -0.3 is 29.9 Å². The predicted molar refractivity (Wildman–Crippen MR) is 124 cm³/mol. The summed E-state index contributed by atoms with van der Waals surface area (Å²) < 4.78 is 6.13. The van der Waals surface area contributed by atoms with Crippen molar-refractivity contribution in [3.05, 3.63) is 23.3 Å². The summed E-state index contributed by atoms with van der Waals surface area (Å²) in [6.45, 7) is 6.63. The fourth-order valence-electron chi connectivity index (χ4n) is 6.93. The number of fused-ring (bicyclic) bond motifs is 1. The molecule has 182 valence electrons. The van der Waals surface area contributed by atoms with Crippen molar-refractivity contribution in [2.24, 2.45) is 23.2 Å². The molecule has 5 atom stereocenters. The summed E-state index contributed by atoms with van der Waals surface area (Å²) in [7, 11) is 4.15. The second-order valence-corrected chi connectivity index (χ2v) is 11.6. The highest BCUT2D eigenvalue weighted by atomic mass is 16.5. The predicted octanol–water partition coefficient (Wildman–Crippen LogP) is 2.79. The molecule has 0 unspecified atom stereocenters. The number of benzene rings is 1. The van der Waals surface area contributed by atoms with E-state index in [-0.39, 0.29) is 34.1 Å².